The molecule has 0 radical (unpaired) electrons. The molecule has 5 heteroatoms. The van der Waals surface area contributed by atoms with E-state index in [0.717, 1.165) is 25.7 Å². The monoisotopic (exact) mass is 306 g/mol. The maximum atomic E-state index is 13.2. The summed E-state index contributed by atoms with van der Waals surface area (Å²) in [6.45, 7) is 0. The van der Waals surface area contributed by atoms with Crippen LogP contribution in [0.3, 0.4) is 0 Å². The molecule has 1 aromatic rings. The lowest BCUT2D eigenvalue weighted by molar-refractivity contribution is -0.122. The molecule has 3 rings (SSSR count). The second-order valence-electron chi connectivity index (χ2n) is 6.53. The second-order valence-corrected chi connectivity index (χ2v) is 6.53. The lowest BCUT2D eigenvalue weighted by Crippen LogP contribution is -2.48. The first-order valence-electron chi connectivity index (χ1n) is 7.98. The highest BCUT2D eigenvalue weighted by Gasteiger charge is 2.40. The summed E-state index contributed by atoms with van der Waals surface area (Å²) in [6, 6.07) is 4.39. The number of nitrogens with one attached hydrogen (secondary N) is 1. The fourth-order valence-corrected chi connectivity index (χ4v) is 4.01. The van der Waals surface area contributed by atoms with Crippen molar-refractivity contribution in [1.82, 2.24) is 0 Å². The summed E-state index contributed by atoms with van der Waals surface area (Å²) in [4.78, 5) is 12.6. The lowest BCUT2D eigenvalue weighted by Gasteiger charge is -2.43. The first kappa shape index (κ1) is 15.3. The molecule has 2 bridgehead atoms. The van der Waals surface area contributed by atoms with Crippen LogP contribution in [0.1, 0.15) is 32.1 Å². The number of ether oxygens (including phenoxy) is 1. The van der Waals surface area contributed by atoms with Gasteiger partial charge in [0.05, 0.1) is 12.8 Å². The van der Waals surface area contributed by atoms with Gasteiger partial charge < -0.3 is 15.8 Å². The largest absolute Gasteiger partial charge is 0.494 e. The van der Waals surface area contributed by atoms with Crippen molar-refractivity contribution in [2.75, 3.05) is 12.4 Å². The number of halogens is 1. The van der Waals surface area contributed by atoms with Crippen LogP contribution < -0.4 is 15.8 Å². The zero-order chi connectivity index (χ0) is 15.7. The molecule has 2 fully saturated rings. The van der Waals surface area contributed by atoms with Crippen molar-refractivity contribution < 1.29 is 13.9 Å². The molecule has 4 nitrogen and oxygen atoms in total. The molecule has 0 saturated heterocycles. The van der Waals surface area contributed by atoms with E-state index in [1.54, 1.807) is 6.07 Å². The molecule has 1 aromatic carbocycles. The molecule has 2 atom stereocenters. The Balaban J connectivity index is 1.70. The van der Waals surface area contributed by atoms with E-state index in [-0.39, 0.29) is 23.7 Å². The van der Waals surface area contributed by atoms with Crippen molar-refractivity contribution >= 4 is 11.6 Å². The van der Waals surface area contributed by atoms with E-state index in [2.05, 4.69) is 5.32 Å². The molecule has 0 aliphatic heterocycles. The summed E-state index contributed by atoms with van der Waals surface area (Å²) in [5, 5.41) is 2.89. The van der Waals surface area contributed by atoms with Crippen LogP contribution in [0.2, 0.25) is 0 Å². The van der Waals surface area contributed by atoms with Crippen molar-refractivity contribution in [3.63, 3.8) is 0 Å². The molecule has 2 unspecified atom stereocenters. The minimum atomic E-state index is -0.381. The Bertz CT molecular complexity index is 550. The summed E-state index contributed by atoms with van der Waals surface area (Å²) < 4.78 is 18.3. The van der Waals surface area contributed by atoms with Crippen LogP contribution in [0.4, 0.5) is 10.1 Å². The van der Waals surface area contributed by atoms with Crippen molar-refractivity contribution in [3.8, 4) is 5.75 Å². The Morgan fingerprint density at radius 1 is 1.32 bits per heavy atom. The summed E-state index contributed by atoms with van der Waals surface area (Å²) in [5.41, 5.74) is 6.79. The molecule has 1 amide bonds. The molecular formula is C17H23FN2O2. The van der Waals surface area contributed by atoms with Gasteiger partial charge in [-0.3, -0.25) is 4.79 Å². The van der Waals surface area contributed by atoms with Gasteiger partial charge in [-0.2, -0.15) is 0 Å². The SMILES string of the molecule is COc1cc(F)ccc1NC(=O)C1CC2CCCC(C1)C2N. The molecule has 0 aromatic heterocycles. The van der Waals surface area contributed by atoms with Crippen LogP contribution in [0.5, 0.6) is 5.75 Å². The number of amides is 1. The van der Waals surface area contributed by atoms with Crippen LogP contribution >= 0.6 is 0 Å². The van der Waals surface area contributed by atoms with Gasteiger partial charge in [0, 0.05) is 18.0 Å². The normalized spacial score (nSPS) is 30.7. The maximum absolute atomic E-state index is 13.2. The van der Waals surface area contributed by atoms with Crippen LogP contribution in [0.25, 0.3) is 0 Å². The minimum absolute atomic E-state index is 0.00583. The van der Waals surface area contributed by atoms with Crippen molar-refractivity contribution in [2.24, 2.45) is 23.5 Å². The van der Waals surface area contributed by atoms with Crippen molar-refractivity contribution in [3.05, 3.63) is 24.0 Å². The number of hydrogen-bond donors (Lipinski definition) is 2. The molecule has 0 heterocycles. The smallest absolute Gasteiger partial charge is 0.227 e. The fraction of sp³-hybridized carbons (Fsp3) is 0.588. The van der Waals surface area contributed by atoms with Gasteiger partial charge in [0.2, 0.25) is 5.91 Å². The quantitative estimate of drug-likeness (QED) is 0.902. The van der Waals surface area contributed by atoms with Gasteiger partial charge in [-0.15, -0.1) is 0 Å². The molecule has 2 aliphatic rings. The summed E-state index contributed by atoms with van der Waals surface area (Å²) >= 11 is 0. The Morgan fingerprint density at radius 2 is 2.00 bits per heavy atom. The van der Waals surface area contributed by atoms with Crippen molar-refractivity contribution in [1.29, 1.82) is 0 Å². The molecule has 120 valence electrons. The Morgan fingerprint density at radius 3 is 2.64 bits per heavy atom. The zero-order valence-corrected chi connectivity index (χ0v) is 12.8. The van der Waals surface area contributed by atoms with E-state index < -0.39 is 0 Å². The Labute approximate surface area is 130 Å². The first-order valence-corrected chi connectivity index (χ1v) is 7.98. The molecule has 3 N–H and O–H groups in total. The molecule has 2 aliphatic carbocycles. The number of methoxy groups -OCH3 is 1. The molecule has 2 saturated carbocycles. The van der Waals surface area contributed by atoms with Crippen LogP contribution in [-0.2, 0) is 4.79 Å². The van der Waals surface area contributed by atoms with E-state index in [9.17, 15) is 9.18 Å². The first-order chi connectivity index (χ1) is 10.6. The van der Waals surface area contributed by atoms with Gasteiger partial charge in [-0.25, -0.2) is 4.39 Å². The fourth-order valence-electron chi connectivity index (χ4n) is 4.01. The van der Waals surface area contributed by atoms with Gasteiger partial charge in [-0.1, -0.05) is 6.42 Å². The second kappa shape index (κ2) is 6.24. The number of carbonyl (C=O) groups is 1. The average molecular weight is 306 g/mol. The predicted octanol–water partition coefficient (Wildman–Crippen LogP) is 2.93. The van der Waals surface area contributed by atoms with Gasteiger partial charge >= 0.3 is 0 Å². The third-order valence-corrected chi connectivity index (χ3v) is 5.21. The van der Waals surface area contributed by atoms with E-state index >= 15 is 0 Å². The predicted molar refractivity (Wildman–Crippen MR) is 83.1 cm³/mol. The number of carbonyl (C=O) groups excluding carboxylic acids is 1. The number of rotatable bonds is 3. The standard InChI is InChI=1S/C17H23FN2O2/c1-22-15-9-13(18)5-6-14(15)20-17(21)12-7-10-3-2-4-11(8-12)16(10)19/h5-6,9-12,16H,2-4,7-8,19H2,1H3,(H,20,21). The van der Waals surface area contributed by atoms with Gasteiger partial charge in [0.15, 0.2) is 0 Å². The van der Waals surface area contributed by atoms with Gasteiger partial charge in [-0.05, 0) is 49.7 Å². The van der Waals surface area contributed by atoms with Crippen LogP contribution in [0, 0.1) is 23.6 Å². The summed E-state index contributed by atoms with van der Waals surface area (Å²) in [7, 11) is 1.47. The third kappa shape index (κ3) is 2.95. The van der Waals surface area contributed by atoms with E-state index in [0.29, 0.717) is 23.3 Å². The van der Waals surface area contributed by atoms with E-state index in [1.807, 2.05) is 0 Å². The van der Waals surface area contributed by atoms with E-state index in [1.165, 1.54) is 25.7 Å². The highest BCUT2D eigenvalue weighted by atomic mass is 19.1. The topological polar surface area (TPSA) is 64.3 Å². The maximum Gasteiger partial charge on any atom is 0.227 e. The molecular weight excluding hydrogens is 283 g/mol. The lowest BCUT2D eigenvalue weighted by atomic mass is 9.65. The van der Waals surface area contributed by atoms with Crippen molar-refractivity contribution in [2.45, 2.75) is 38.1 Å². The number of anilines is 1. The average Bonchev–Trinajstić information content (AvgIpc) is 2.48. The third-order valence-electron chi connectivity index (χ3n) is 5.21. The summed E-state index contributed by atoms with van der Waals surface area (Å²) in [5.74, 6) is 0.865. The Kier molecular flexibility index (Phi) is 4.34. The summed E-state index contributed by atoms with van der Waals surface area (Å²) in [6.07, 6.45) is 5.19. The highest BCUT2D eigenvalue weighted by molar-refractivity contribution is 5.94. The number of hydrogen-bond acceptors (Lipinski definition) is 3. The van der Waals surface area contributed by atoms with Gasteiger partial charge in [0.25, 0.3) is 0 Å². The number of fused-ring (bicyclic) bond motifs is 2. The van der Waals surface area contributed by atoms with E-state index in [4.69, 9.17) is 10.5 Å². The number of benzene rings is 1. The Hall–Kier alpha value is -1.62. The van der Waals surface area contributed by atoms with Crippen LogP contribution in [0.15, 0.2) is 18.2 Å². The van der Waals surface area contributed by atoms with Crippen LogP contribution in [-0.4, -0.2) is 19.1 Å². The van der Waals surface area contributed by atoms with Gasteiger partial charge in [0.1, 0.15) is 11.6 Å². The molecule has 0 spiro atoms. The zero-order valence-electron chi connectivity index (χ0n) is 12.8. The highest BCUT2D eigenvalue weighted by Crippen LogP contribution is 2.42. The number of nitrogens with two attached hydrogens (primary N) is 1. The molecule has 22 heavy (non-hydrogen) atoms. The minimum Gasteiger partial charge on any atom is -0.494 e.